The fourth-order valence-corrected chi connectivity index (χ4v) is 5.23. The van der Waals surface area contributed by atoms with Crippen LogP contribution in [0.1, 0.15) is 50.0 Å². The average molecular weight is 232 g/mol. The Labute approximate surface area is 102 Å². The van der Waals surface area contributed by atoms with Gasteiger partial charge in [-0.2, -0.15) is 0 Å². The normalized spacial score (nSPS) is 43.2. The first kappa shape index (κ1) is 10.1. The molecule has 0 radical (unpaired) electrons. The summed E-state index contributed by atoms with van der Waals surface area (Å²) in [5, 5.41) is 0. The minimum Gasteiger partial charge on any atom is -0.448 e. The molecule has 0 amide bonds. The lowest BCUT2D eigenvalue weighted by Gasteiger charge is -2.56. The molecule has 0 atom stereocenters. The Hall–Kier alpha value is -0.830. The molecular weight excluding hydrogens is 212 g/mol. The third-order valence-electron chi connectivity index (χ3n) is 5.35. The highest BCUT2D eigenvalue weighted by Gasteiger charge is 2.53. The van der Waals surface area contributed by atoms with Crippen molar-refractivity contribution < 1.29 is 4.42 Å². The molecule has 3 heteroatoms. The maximum absolute atomic E-state index is 5.79. The summed E-state index contributed by atoms with van der Waals surface area (Å²) in [5.41, 5.74) is 7.10. The van der Waals surface area contributed by atoms with Crippen molar-refractivity contribution in [2.24, 2.45) is 23.5 Å². The van der Waals surface area contributed by atoms with E-state index in [-0.39, 0.29) is 0 Å². The van der Waals surface area contributed by atoms with Gasteiger partial charge in [-0.1, -0.05) is 0 Å². The van der Waals surface area contributed by atoms with E-state index in [1.807, 2.05) is 0 Å². The smallest absolute Gasteiger partial charge is 0.181 e. The molecular formula is C14H20N2O. The van der Waals surface area contributed by atoms with E-state index in [0.717, 1.165) is 29.2 Å². The van der Waals surface area contributed by atoms with Crippen molar-refractivity contribution in [1.82, 2.24) is 4.98 Å². The number of rotatable bonds is 2. The van der Waals surface area contributed by atoms with Crippen molar-refractivity contribution in [3.05, 3.63) is 17.8 Å². The second-order valence-corrected chi connectivity index (χ2v) is 6.53. The second kappa shape index (κ2) is 3.35. The highest BCUT2D eigenvalue weighted by Crippen LogP contribution is 2.61. The Bertz CT molecular complexity index is 402. The lowest BCUT2D eigenvalue weighted by molar-refractivity contribution is -0.0156. The van der Waals surface area contributed by atoms with Crippen molar-refractivity contribution in [1.29, 1.82) is 0 Å². The van der Waals surface area contributed by atoms with E-state index in [4.69, 9.17) is 10.2 Å². The maximum Gasteiger partial charge on any atom is 0.181 e. The number of nitrogens with zero attached hydrogens (tertiary/aromatic N) is 1. The van der Waals surface area contributed by atoms with E-state index < -0.39 is 0 Å². The second-order valence-electron chi connectivity index (χ2n) is 6.53. The van der Waals surface area contributed by atoms with Gasteiger partial charge < -0.3 is 10.2 Å². The molecule has 0 unspecified atom stereocenters. The Morgan fingerprint density at radius 1 is 1.18 bits per heavy atom. The van der Waals surface area contributed by atoms with Crippen LogP contribution in [0, 0.1) is 17.8 Å². The largest absolute Gasteiger partial charge is 0.448 e. The molecule has 4 saturated carbocycles. The first-order chi connectivity index (χ1) is 8.29. The van der Waals surface area contributed by atoms with E-state index in [1.165, 1.54) is 38.5 Å². The van der Waals surface area contributed by atoms with E-state index in [1.54, 1.807) is 6.39 Å². The van der Waals surface area contributed by atoms with Gasteiger partial charge in [-0.05, 0) is 56.3 Å². The van der Waals surface area contributed by atoms with Gasteiger partial charge in [-0.15, -0.1) is 0 Å². The van der Waals surface area contributed by atoms with Gasteiger partial charge >= 0.3 is 0 Å². The van der Waals surface area contributed by atoms with Gasteiger partial charge in [0.1, 0.15) is 5.76 Å². The van der Waals surface area contributed by atoms with Crippen LogP contribution in [0.2, 0.25) is 0 Å². The van der Waals surface area contributed by atoms with Gasteiger partial charge in [0.15, 0.2) is 6.39 Å². The number of aromatic nitrogens is 1. The average Bonchev–Trinajstić information content (AvgIpc) is 2.75. The van der Waals surface area contributed by atoms with Gasteiger partial charge in [0.05, 0.1) is 5.69 Å². The molecule has 1 aromatic heterocycles. The van der Waals surface area contributed by atoms with Crippen LogP contribution < -0.4 is 5.73 Å². The maximum atomic E-state index is 5.79. The molecule has 1 heterocycles. The molecule has 4 aliphatic rings. The lowest BCUT2D eigenvalue weighted by atomic mass is 9.49. The Kier molecular flexibility index (Phi) is 1.99. The Morgan fingerprint density at radius 3 is 2.29 bits per heavy atom. The highest BCUT2D eigenvalue weighted by atomic mass is 16.3. The van der Waals surface area contributed by atoms with Crippen molar-refractivity contribution in [2.45, 2.75) is 50.5 Å². The lowest BCUT2D eigenvalue weighted by Crippen LogP contribution is -2.48. The molecule has 3 nitrogen and oxygen atoms in total. The van der Waals surface area contributed by atoms with Crippen LogP contribution in [0.5, 0.6) is 0 Å². The number of nitrogens with two attached hydrogens (primary N) is 1. The summed E-state index contributed by atoms with van der Waals surface area (Å²) in [6.07, 6.45) is 9.95. The minimum absolute atomic E-state index is 0.306. The topological polar surface area (TPSA) is 52.0 Å². The van der Waals surface area contributed by atoms with Crippen LogP contribution in [0.3, 0.4) is 0 Å². The molecule has 17 heavy (non-hydrogen) atoms. The van der Waals surface area contributed by atoms with Crippen molar-refractivity contribution in [3.63, 3.8) is 0 Å². The molecule has 92 valence electrons. The predicted molar refractivity (Wildman–Crippen MR) is 64.2 cm³/mol. The van der Waals surface area contributed by atoms with Gasteiger partial charge in [-0.25, -0.2) is 4.98 Å². The van der Waals surface area contributed by atoms with Gasteiger partial charge in [0.2, 0.25) is 0 Å². The molecule has 4 bridgehead atoms. The molecule has 0 spiro atoms. The van der Waals surface area contributed by atoms with Crippen LogP contribution in [0.4, 0.5) is 0 Å². The number of oxazole rings is 1. The number of hydrogen-bond acceptors (Lipinski definition) is 3. The highest BCUT2D eigenvalue weighted by molar-refractivity contribution is 5.24. The molecule has 1 aromatic rings. The van der Waals surface area contributed by atoms with Crippen LogP contribution >= 0.6 is 0 Å². The van der Waals surface area contributed by atoms with Crippen molar-refractivity contribution >= 4 is 0 Å². The van der Waals surface area contributed by atoms with E-state index in [2.05, 4.69) is 4.98 Å². The zero-order valence-electron chi connectivity index (χ0n) is 10.2. The van der Waals surface area contributed by atoms with Crippen LogP contribution in [-0.4, -0.2) is 4.98 Å². The van der Waals surface area contributed by atoms with E-state index in [0.29, 0.717) is 12.0 Å². The van der Waals surface area contributed by atoms with Crippen LogP contribution in [0.25, 0.3) is 0 Å². The van der Waals surface area contributed by atoms with E-state index >= 15 is 0 Å². The summed E-state index contributed by atoms with van der Waals surface area (Å²) in [4.78, 5) is 4.30. The summed E-state index contributed by atoms with van der Waals surface area (Å²) in [6, 6.07) is 0. The molecule has 4 fully saturated rings. The standard InChI is InChI=1S/C14H20N2O/c15-7-12-13(17-8-16-12)14-4-9-1-10(5-14)3-11(2-9)6-14/h8-11H,1-7,15H2. The predicted octanol–water partition coefficient (Wildman–Crippen LogP) is 2.60. The third kappa shape index (κ3) is 1.35. The zero-order chi connectivity index (χ0) is 11.5. The molecule has 0 saturated heterocycles. The van der Waals surface area contributed by atoms with Gasteiger partial charge in [0, 0.05) is 12.0 Å². The monoisotopic (exact) mass is 232 g/mol. The summed E-state index contributed by atoms with van der Waals surface area (Å²) in [5.74, 6) is 3.96. The van der Waals surface area contributed by atoms with Crippen molar-refractivity contribution in [3.8, 4) is 0 Å². The Morgan fingerprint density at radius 2 is 1.76 bits per heavy atom. The first-order valence-electron chi connectivity index (χ1n) is 6.92. The number of hydrogen-bond donors (Lipinski definition) is 1. The van der Waals surface area contributed by atoms with Crippen molar-refractivity contribution in [2.75, 3.05) is 0 Å². The Balaban J connectivity index is 1.77. The first-order valence-corrected chi connectivity index (χ1v) is 6.92. The van der Waals surface area contributed by atoms with Crippen LogP contribution in [-0.2, 0) is 12.0 Å². The summed E-state index contributed by atoms with van der Waals surface area (Å²) in [7, 11) is 0. The molecule has 4 aliphatic carbocycles. The summed E-state index contributed by atoms with van der Waals surface area (Å²) in [6.45, 7) is 0.521. The van der Waals surface area contributed by atoms with Gasteiger partial charge in [-0.3, -0.25) is 0 Å². The molecule has 0 aliphatic heterocycles. The SMILES string of the molecule is NCc1ncoc1C12CC3CC(CC(C3)C1)C2. The quantitative estimate of drug-likeness (QED) is 0.852. The fraction of sp³-hybridized carbons (Fsp3) is 0.786. The summed E-state index contributed by atoms with van der Waals surface area (Å²) >= 11 is 0. The van der Waals surface area contributed by atoms with Gasteiger partial charge in [0.25, 0.3) is 0 Å². The third-order valence-corrected chi connectivity index (χ3v) is 5.35. The zero-order valence-corrected chi connectivity index (χ0v) is 10.2. The molecule has 5 rings (SSSR count). The molecule has 2 N–H and O–H groups in total. The fourth-order valence-electron chi connectivity index (χ4n) is 5.23. The van der Waals surface area contributed by atoms with Crippen LogP contribution in [0.15, 0.2) is 10.8 Å². The summed E-state index contributed by atoms with van der Waals surface area (Å²) < 4.78 is 5.75. The molecule has 0 aromatic carbocycles. The minimum atomic E-state index is 0.306. The van der Waals surface area contributed by atoms with E-state index in [9.17, 15) is 0 Å².